The molecule has 4 nitrogen and oxygen atoms in total. The second kappa shape index (κ2) is 5.63. The van der Waals surface area contributed by atoms with Crippen molar-refractivity contribution in [2.45, 2.75) is 64.7 Å². The highest BCUT2D eigenvalue weighted by Gasteiger charge is 2.24. The van der Waals surface area contributed by atoms with Crippen LogP contribution in [0.2, 0.25) is 0 Å². The molecule has 1 aromatic rings. The molecule has 1 saturated carbocycles. The monoisotopic (exact) mass is 263 g/mol. The number of nitrogens with one attached hydrogen (secondary N) is 1. The molecule has 0 bridgehead atoms. The fourth-order valence-electron chi connectivity index (χ4n) is 2.85. The SMILES string of the molecule is CC1CCC(C)N(Cc2cc(CNC3CC3)no2)C1. The molecule has 2 atom stereocenters. The highest BCUT2D eigenvalue weighted by molar-refractivity contribution is 5.06. The standard InChI is InChI=1S/C15H25N3O/c1-11-3-4-12(2)18(9-11)10-15-7-14(17-19-15)8-16-13-5-6-13/h7,11-13,16H,3-6,8-10H2,1-2H3. The third kappa shape index (κ3) is 3.57. The van der Waals surface area contributed by atoms with Crippen molar-refractivity contribution in [2.75, 3.05) is 6.54 Å². The molecular weight excluding hydrogens is 238 g/mol. The van der Waals surface area contributed by atoms with Gasteiger partial charge in [-0.3, -0.25) is 4.90 Å². The zero-order chi connectivity index (χ0) is 13.2. The van der Waals surface area contributed by atoms with Crippen molar-refractivity contribution in [2.24, 2.45) is 5.92 Å². The minimum atomic E-state index is 0.661. The van der Waals surface area contributed by atoms with Crippen molar-refractivity contribution in [1.82, 2.24) is 15.4 Å². The van der Waals surface area contributed by atoms with Crippen molar-refractivity contribution in [1.29, 1.82) is 0 Å². The van der Waals surface area contributed by atoms with Crippen LogP contribution in [-0.2, 0) is 13.1 Å². The maximum absolute atomic E-state index is 5.47. The maximum Gasteiger partial charge on any atom is 0.151 e. The quantitative estimate of drug-likeness (QED) is 0.886. The second-order valence-corrected chi connectivity index (χ2v) is 6.40. The molecule has 1 aliphatic carbocycles. The van der Waals surface area contributed by atoms with Crippen LogP contribution in [0, 0.1) is 5.92 Å². The highest BCUT2D eigenvalue weighted by atomic mass is 16.5. The summed E-state index contributed by atoms with van der Waals surface area (Å²) in [6.07, 6.45) is 5.28. The van der Waals surface area contributed by atoms with Gasteiger partial charge in [-0.05, 0) is 38.5 Å². The molecule has 3 rings (SSSR count). The van der Waals surface area contributed by atoms with Crippen molar-refractivity contribution in [3.05, 3.63) is 17.5 Å². The molecule has 0 spiro atoms. The van der Waals surface area contributed by atoms with Crippen molar-refractivity contribution in [3.8, 4) is 0 Å². The summed E-state index contributed by atoms with van der Waals surface area (Å²) < 4.78 is 5.47. The summed E-state index contributed by atoms with van der Waals surface area (Å²) >= 11 is 0. The maximum atomic E-state index is 5.47. The Labute approximate surface area is 115 Å². The van der Waals surface area contributed by atoms with Gasteiger partial charge in [0, 0.05) is 31.2 Å². The van der Waals surface area contributed by atoms with E-state index in [1.807, 2.05) is 0 Å². The lowest BCUT2D eigenvalue weighted by molar-refractivity contribution is 0.106. The van der Waals surface area contributed by atoms with Crippen LogP contribution in [0.15, 0.2) is 10.6 Å². The Balaban J connectivity index is 1.53. The molecular formula is C15H25N3O. The van der Waals surface area contributed by atoms with Crippen LogP contribution in [0.4, 0.5) is 0 Å². The van der Waals surface area contributed by atoms with E-state index >= 15 is 0 Å². The van der Waals surface area contributed by atoms with E-state index in [4.69, 9.17) is 4.52 Å². The van der Waals surface area contributed by atoms with Crippen LogP contribution in [0.3, 0.4) is 0 Å². The van der Waals surface area contributed by atoms with Gasteiger partial charge in [-0.1, -0.05) is 12.1 Å². The predicted molar refractivity (Wildman–Crippen MR) is 74.6 cm³/mol. The molecule has 2 aliphatic rings. The first-order chi connectivity index (χ1) is 9.20. The van der Waals surface area contributed by atoms with Gasteiger partial charge >= 0.3 is 0 Å². The van der Waals surface area contributed by atoms with Crippen molar-refractivity contribution >= 4 is 0 Å². The number of hydrogen-bond donors (Lipinski definition) is 1. The number of aromatic nitrogens is 1. The van der Waals surface area contributed by atoms with Gasteiger partial charge in [-0.15, -0.1) is 0 Å². The Morgan fingerprint density at radius 3 is 2.95 bits per heavy atom. The fraction of sp³-hybridized carbons (Fsp3) is 0.800. The number of piperidine rings is 1. The molecule has 2 heterocycles. The molecule has 0 amide bonds. The summed E-state index contributed by atoms with van der Waals surface area (Å²) in [5.41, 5.74) is 1.04. The minimum absolute atomic E-state index is 0.661. The summed E-state index contributed by atoms with van der Waals surface area (Å²) in [5.74, 6) is 1.81. The molecule has 2 fully saturated rings. The Bertz CT molecular complexity index is 413. The van der Waals surface area contributed by atoms with E-state index in [2.05, 4.69) is 35.3 Å². The van der Waals surface area contributed by atoms with Gasteiger partial charge in [-0.2, -0.15) is 0 Å². The van der Waals surface area contributed by atoms with E-state index in [-0.39, 0.29) is 0 Å². The fourth-order valence-corrected chi connectivity index (χ4v) is 2.85. The van der Waals surface area contributed by atoms with Gasteiger partial charge < -0.3 is 9.84 Å². The second-order valence-electron chi connectivity index (χ2n) is 6.40. The van der Waals surface area contributed by atoms with Crippen LogP contribution in [-0.4, -0.2) is 28.7 Å². The van der Waals surface area contributed by atoms with E-state index < -0.39 is 0 Å². The van der Waals surface area contributed by atoms with Crippen LogP contribution in [0.5, 0.6) is 0 Å². The van der Waals surface area contributed by atoms with E-state index in [9.17, 15) is 0 Å². The lowest BCUT2D eigenvalue weighted by atomic mass is 9.95. The molecule has 1 N–H and O–H groups in total. The predicted octanol–water partition coefficient (Wildman–Crippen LogP) is 2.55. The molecule has 2 unspecified atom stereocenters. The van der Waals surface area contributed by atoms with Crippen LogP contribution in [0.25, 0.3) is 0 Å². The van der Waals surface area contributed by atoms with E-state index in [1.165, 1.54) is 32.2 Å². The van der Waals surface area contributed by atoms with E-state index in [0.717, 1.165) is 36.5 Å². The van der Waals surface area contributed by atoms with E-state index in [1.54, 1.807) is 0 Å². The molecule has 1 saturated heterocycles. The number of nitrogens with zero attached hydrogens (tertiary/aromatic N) is 2. The largest absolute Gasteiger partial charge is 0.360 e. The van der Waals surface area contributed by atoms with E-state index in [0.29, 0.717) is 6.04 Å². The zero-order valence-corrected chi connectivity index (χ0v) is 12.1. The lowest BCUT2D eigenvalue weighted by Gasteiger charge is -2.35. The third-order valence-electron chi connectivity index (χ3n) is 4.36. The van der Waals surface area contributed by atoms with Crippen LogP contribution < -0.4 is 5.32 Å². The lowest BCUT2D eigenvalue weighted by Crippen LogP contribution is -2.40. The zero-order valence-electron chi connectivity index (χ0n) is 12.1. The number of likely N-dealkylation sites (tertiary alicyclic amines) is 1. The normalized spacial score (nSPS) is 28.7. The van der Waals surface area contributed by atoms with Gasteiger partial charge in [-0.25, -0.2) is 0 Å². The minimum Gasteiger partial charge on any atom is -0.360 e. The summed E-state index contributed by atoms with van der Waals surface area (Å²) in [6, 6.07) is 3.50. The van der Waals surface area contributed by atoms with Crippen molar-refractivity contribution in [3.63, 3.8) is 0 Å². The van der Waals surface area contributed by atoms with Crippen LogP contribution >= 0.6 is 0 Å². The topological polar surface area (TPSA) is 41.3 Å². The molecule has 106 valence electrons. The first kappa shape index (κ1) is 13.1. The number of hydrogen-bond acceptors (Lipinski definition) is 4. The Kier molecular flexibility index (Phi) is 3.89. The van der Waals surface area contributed by atoms with Crippen molar-refractivity contribution < 1.29 is 4.52 Å². The first-order valence-corrected chi connectivity index (χ1v) is 7.62. The summed E-state index contributed by atoms with van der Waals surface area (Å²) in [6.45, 7) is 7.58. The smallest absolute Gasteiger partial charge is 0.151 e. The van der Waals surface area contributed by atoms with Gasteiger partial charge in [0.25, 0.3) is 0 Å². The molecule has 19 heavy (non-hydrogen) atoms. The van der Waals surface area contributed by atoms with Gasteiger partial charge in [0.1, 0.15) is 0 Å². The summed E-state index contributed by atoms with van der Waals surface area (Å²) in [5, 5.41) is 7.63. The third-order valence-corrected chi connectivity index (χ3v) is 4.36. The molecule has 0 aromatic carbocycles. The summed E-state index contributed by atoms with van der Waals surface area (Å²) in [7, 11) is 0. The Morgan fingerprint density at radius 1 is 1.32 bits per heavy atom. The van der Waals surface area contributed by atoms with Gasteiger partial charge in [0.05, 0.1) is 12.2 Å². The Hall–Kier alpha value is -0.870. The average Bonchev–Trinajstić information content (AvgIpc) is 3.12. The molecule has 1 aliphatic heterocycles. The molecule has 1 aromatic heterocycles. The first-order valence-electron chi connectivity index (χ1n) is 7.62. The highest BCUT2D eigenvalue weighted by Crippen LogP contribution is 2.23. The van der Waals surface area contributed by atoms with Crippen LogP contribution in [0.1, 0.15) is 51.0 Å². The van der Waals surface area contributed by atoms with Gasteiger partial charge in [0.15, 0.2) is 5.76 Å². The molecule has 0 radical (unpaired) electrons. The summed E-state index contributed by atoms with van der Waals surface area (Å²) in [4.78, 5) is 2.52. The van der Waals surface area contributed by atoms with Gasteiger partial charge in [0.2, 0.25) is 0 Å². The molecule has 4 heteroatoms. The average molecular weight is 263 g/mol. The number of rotatable bonds is 5. The Morgan fingerprint density at radius 2 is 2.16 bits per heavy atom.